The van der Waals surface area contributed by atoms with Crippen LogP contribution in [-0.4, -0.2) is 18.7 Å². The molecular formula is C10H15NO3. The third kappa shape index (κ3) is 3.51. The van der Waals surface area contributed by atoms with E-state index in [2.05, 4.69) is 5.32 Å². The van der Waals surface area contributed by atoms with Gasteiger partial charge in [0.05, 0.1) is 12.9 Å². The summed E-state index contributed by atoms with van der Waals surface area (Å²) in [6.07, 6.45) is 1.91. The maximum absolute atomic E-state index is 11.0. The molecule has 1 aromatic heterocycles. The lowest BCUT2D eigenvalue weighted by Crippen LogP contribution is -2.34. The Kier molecular flexibility index (Phi) is 4.04. The van der Waals surface area contributed by atoms with Crippen LogP contribution in [0.2, 0.25) is 0 Å². The topological polar surface area (TPSA) is 51.5 Å². The molecule has 78 valence electrons. The minimum absolute atomic E-state index is 0.0141. The first-order valence-electron chi connectivity index (χ1n) is 4.68. The van der Waals surface area contributed by atoms with Crippen molar-refractivity contribution in [3.8, 4) is 0 Å². The van der Waals surface area contributed by atoms with Crippen molar-refractivity contribution < 1.29 is 13.9 Å². The third-order valence-corrected chi connectivity index (χ3v) is 1.73. The molecule has 0 fully saturated rings. The lowest BCUT2D eigenvalue weighted by atomic mass is 10.2. The van der Waals surface area contributed by atoms with Crippen molar-refractivity contribution in [2.75, 3.05) is 6.61 Å². The molecule has 14 heavy (non-hydrogen) atoms. The van der Waals surface area contributed by atoms with Gasteiger partial charge >= 0.3 is 6.09 Å². The van der Waals surface area contributed by atoms with Gasteiger partial charge < -0.3 is 14.5 Å². The molecule has 1 amide bonds. The zero-order valence-corrected chi connectivity index (χ0v) is 8.45. The minimum Gasteiger partial charge on any atom is -0.469 e. The van der Waals surface area contributed by atoms with Gasteiger partial charge in [0.25, 0.3) is 0 Å². The first-order valence-corrected chi connectivity index (χ1v) is 4.68. The van der Waals surface area contributed by atoms with Gasteiger partial charge in [0.15, 0.2) is 0 Å². The van der Waals surface area contributed by atoms with Gasteiger partial charge in [-0.2, -0.15) is 0 Å². The van der Waals surface area contributed by atoms with Crippen molar-refractivity contribution in [2.24, 2.45) is 0 Å². The summed E-state index contributed by atoms with van der Waals surface area (Å²) in [5.41, 5.74) is 0. The van der Waals surface area contributed by atoms with Gasteiger partial charge in [0.2, 0.25) is 0 Å². The predicted molar refractivity (Wildman–Crippen MR) is 52.0 cm³/mol. The molecule has 0 aromatic carbocycles. The van der Waals surface area contributed by atoms with Crippen molar-refractivity contribution in [1.29, 1.82) is 0 Å². The molecule has 1 heterocycles. The Balaban J connectivity index is 2.29. The quantitative estimate of drug-likeness (QED) is 0.802. The minimum atomic E-state index is -0.383. The molecule has 0 spiro atoms. The van der Waals surface area contributed by atoms with E-state index in [1.807, 2.05) is 19.1 Å². The smallest absolute Gasteiger partial charge is 0.407 e. The number of ether oxygens (including phenoxy) is 1. The summed E-state index contributed by atoms with van der Waals surface area (Å²) < 4.78 is 9.90. The predicted octanol–water partition coefficient (Wildman–Crippen LogP) is 1.96. The zero-order chi connectivity index (χ0) is 10.4. The lowest BCUT2D eigenvalue weighted by molar-refractivity contribution is 0.148. The fourth-order valence-corrected chi connectivity index (χ4v) is 1.16. The SMILES string of the molecule is CCOC(=O)NC(C)Cc1ccco1. The first kappa shape index (κ1) is 10.6. The molecule has 0 aliphatic heterocycles. The monoisotopic (exact) mass is 197 g/mol. The molecule has 0 aliphatic rings. The van der Waals surface area contributed by atoms with Crippen LogP contribution in [0, 0.1) is 0 Å². The van der Waals surface area contributed by atoms with E-state index >= 15 is 0 Å². The fraction of sp³-hybridized carbons (Fsp3) is 0.500. The molecule has 0 radical (unpaired) electrons. The Morgan fingerprint density at radius 1 is 1.71 bits per heavy atom. The van der Waals surface area contributed by atoms with Gasteiger partial charge in [-0.25, -0.2) is 4.79 Å². The van der Waals surface area contributed by atoms with Crippen LogP contribution >= 0.6 is 0 Å². The number of hydrogen-bond acceptors (Lipinski definition) is 3. The van der Waals surface area contributed by atoms with Gasteiger partial charge in [-0.15, -0.1) is 0 Å². The highest BCUT2D eigenvalue weighted by molar-refractivity contribution is 5.67. The third-order valence-electron chi connectivity index (χ3n) is 1.73. The number of carbonyl (C=O) groups excluding carboxylic acids is 1. The summed E-state index contributed by atoms with van der Waals surface area (Å²) in [5.74, 6) is 0.856. The Hall–Kier alpha value is -1.45. The van der Waals surface area contributed by atoms with E-state index in [0.717, 1.165) is 5.76 Å². The zero-order valence-electron chi connectivity index (χ0n) is 8.45. The van der Waals surface area contributed by atoms with Crippen LogP contribution in [0.5, 0.6) is 0 Å². The molecule has 1 rings (SSSR count). The van der Waals surface area contributed by atoms with Crippen LogP contribution in [0.1, 0.15) is 19.6 Å². The number of carbonyl (C=O) groups is 1. The average Bonchev–Trinajstić information content (AvgIpc) is 2.56. The van der Waals surface area contributed by atoms with Crippen molar-refractivity contribution in [2.45, 2.75) is 26.3 Å². The molecule has 4 nitrogen and oxygen atoms in total. The van der Waals surface area contributed by atoms with Crippen LogP contribution in [0.15, 0.2) is 22.8 Å². The molecule has 4 heteroatoms. The van der Waals surface area contributed by atoms with E-state index < -0.39 is 0 Å². The molecule has 1 atom stereocenters. The van der Waals surface area contributed by atoms with Crippen LogP contribution in [0.4, 0.5) is 4.79 Å². The summed E-state index contributed by atoms with van der Waals surface area (Å²) in [5, 5.41) is 2.70. The second-order valence-corrected chi connectivity index (χ2v) is 3.05. The molecule has 1 aromatic rings. The van der Waals surface area contributed by atoms with E-state index in [1.165, 1.54) is 0 Å². The molecule has 1 unspecified atom stereocenters. The molecule has 0 saturated heterocycles. The van der Waals surface area contributed by atoms with Crippen LogP contribution < -0.4 is 5.32 Å². The number of rotatable bonds is 4. The Labute approximate surface area is 83.2 Å². The maximum Gasteiger partial charge on any atom is 0.407 e. The van der Waals surface area contributed by atoms with Crippen molar-refractivity contribution in [3.63, 3.8) is 0 Å². The maximum atomic E-state index is 11.0. The normalized spacial score (nSPS) is 12.1. The molecule has 0 bridgehead atoms. The number of amides is 1. The van der Waals surface area contributed by atoms with E-state index in [0.29, 0.717) is 13.0 Å². The largest absolute Gasteiger partial charge is 0.469 e. The summed E-state index contributed by atoms with van der Waals surface area (Å²) in [6, 6.07) is 3.72. The van der Waals surface area contributed by atoms with Gasteiger partial charge in [-0.05, 0) is 26.0 Å². The molecule has 1 N–H and O–H groups in total. The Morgan fingerprint density at radius 3 is 3.07 bits per heavy atom. The highest BCUT2D eigenvalue weighted by Crippen LogP contribution is 2.03. The summed E-state index contributed by atoms with van der Waals surface area (Å²) in [7, 11) is 0. The van der Waals surface area contributed by atoms with Crippen molar-refractivity contribution in [3.05, 3.63) is 24.2 Å². The first-order chi connectivity index (χ1) is 6.72. The summed E-state index contributed by atoms with van der Waals surface area (Å²) in [4.78, 5) is 11.0. The number of hydrogen-bond donors (Lipinski definition) is 1. The summed E-state index contributed by atoms with van der Waals surface area (Å²) in [6.45, 7) is 4.07. The Morgan fingerprint density at radius 2 is 2.50 bits per heavy atom. The van der Waals surface area contributed by atoms with Gasteiger partial charge in [-0.1, -0.05) is 0 Å². The lowest BCUT2D eigenvalue weighted by Gasteiger charge is -2.11. The average molecular weight is 197 g/mol. The second-order valence-electron chi connectivity index (χ2n) is 3.05. The van der Waals surface area contributed by atoms with Gasteiger partial charge in [-0.3, -0.25) is 0 Å². The van der Waals surface area contributed by atoms with Crippen molar-refractivity contribution in [1.82, 2.24) is 5.32 Å². The molecule has 0 saturated carbocycles. The van der Waals surface area contributed by atoms with Crippen molar-refractivity contribution >= 4 is 6.09 Å². The molecule has 0 aliphatic carbocycles. The van der Waals surface area contributed by atoms with E-state index in [-0.39, 0.29) is 12.1 Å². The van der Waals surface area contributed by atoms with E-state index in [1.54, 1.807) is 13.2 Å². The Bertz CT molecular complexity index is 269. The van der Waals surface area contributed by atoms with Crippen LogP contribution in [-0.2, 0) is 11.2 Å². The second kappa shape index (κ2) is 5.32. The highest BCUT2D eigenvalue weighted by Gasteiger charge is 2.09. The van der Waals surface area contributed by atoms with Crippen LogP contribution in [0.3, 0.4) is 0 Å². The number of furan rings is 1. The summed E-state index contributed by atoms with van der Waals surface area (Å²) >= 11 is 0. The fourth-order valence-electron chi connectivity index (χ4n) is 1.16. The van der Waals surface area contributed by atoms with Crippen LogP contribution in [0.25, 0.3) is 0 Å². The van der Waals surface area contributed by atoms with E-state index in [4.69, 9.17) is 9.15 Å². The van der Waals surface area contributed by atoms with Gasteiger partial charge in [0, 0.05) is 12.5 Å². The standard InChI is InChI=1S/C10H15NO3/c1-3-13-10(12)11-8(2)7-9-5-4-6-14-9/h4-6,8H,3,7H2,1-2H3,(H,11,12). The highest BCUT2D eigenvalue weighted by atomic mass is 16.5. The van der Waals surface area contributed by atoms with Gasteiger partial charge in [0.1, 0.15) is 5.76 Å². The number of nitrogens with one attached hydrogen (secondary N) is 1. The van der Waals surface area contributed by atoms with E-state index in [9.17, 15) is 4.79 Å². The number of alkyl carbamates (subject to hydrolysis) is 1. The molecular weight excluding hydrogens is 182 g/mol.